The van der Waals surface area contributed by atoms with Gasteiger partial charge >= 0.3 is 0 Å². The lowest BCUT2D eigenvalue weighted by Crippen LogP contribution is -2.28. The van der Waals surface area contributed by atoms with Gasteiger partial charge in [0, 0.05) is 0 Å². The number of rotatable bonds is 1. The normalized spacial score (nSPS) is 12.3. The van der Waals surface area contributed by atoms with E-state index in [9.17, 15) is 0 Å². The lowest BCUT2D eigenvalue weighted by atomic mass is 10.1. The summed E-state index contributed by atoms with van der Waals surface area (Å²) in [4.78, 5) is 4.35. The van der Waals surface area contributed by atoms with Crippen molar-refractivity contribution in [2.75, 3.05) is 0 Å². The Kier molecular flexibility index (Phi) is 1.86. The minimum atomic E-state index is -0.521. The molecule has 1 aromatic carbocycles. The van der Waals surface area contributed by atoms with Crippen molar-refractivity contribution in [2.45, 2.75) is 26.3 Å². The van der Waals surface area contributed by atoms with Gasteiger partial charge in [0.25, 0.3) is 0 Å². The molecule has 0 aliphatic carbocycles. The Balaban J connectivity index is 2.63. The Hall–Kier alpha value is -1.35. The highest BCUT2D eigenvalue weighted by Gasteiger charge is 2.21. The van der Waals surface area contributed by atoms with Crippen molar-refractivity contribution in [3.05, 3.63) is 29.7 Å². The van der Waals surface area contributed by atoms with Crippen LogP contribution in [0.25, 0.3) is 11.1 Å². The van der Waals surface area contributed by atoms with Crippen molar-refractivity contribution in [3.63, 3.8) is 0 Å². The number of hydrogen-bond donors (Lipinski definition) is 1. The van der Waals surface area contributed by atoms with Crippen LogP contribution in [0.4, 0.5) is 0 Å². The summed E-state index contributed by atoms with van der Waals surface area (Å²) < 4.78 is 5.55. The summed E-state index contributed by atoms with van der Waals surface area (Å²) in [6.45, 7) is 5.79. The lowest BCUT2D eigenvalue weighted by Gasteiger charge is -2.11. The number of nitrogens with zero attached hydrogens (tertiary/aromatic N) is 1. The summed E-state index contributed by atoms with van der Waals surface area (Å²) in [6, 6.07) is 5.92. The van der Waals surface area contributed by atoms with E-state index in [2.05, 4.69) is 4.98 Å². The molecule has 0 spiro atoms. The third kappa shape index (κ3) is 1.51. The Morgan fingerprint density at radius 2 is 2.07 bits per heavy atom. The third-order valence-electron chi connectivity index (χ3n) is 2.09. The molecular formula is C11H14N2O. The first-order chi connectivity index (χ1) is 6.47. The van der Waals surface area contributed by atoms with Gasteiger partial charge in [-0.3, -0.25) is 0 Å². The molecule has 74 valence electrons. The fraction of sp³-hybridized carbons (Fsp3) is 0.364. The second-order valence-electron chi connectivity index (χ2n) is 4.21. The van der Waals surface area contributed by atoms with Gasteiger partial charge in [-0.25, -0.2) is 4.98 Å². The van der Waals surface area contributed by atoms with E-state index in [1.54, 1.807) is 0 Å². The SMILES string of the molecule is Cc1ccc2oc(C(C)(C)N)nc2c1. The molecule has 3 heteroatoms. The van der Waals surface area contributed by atoms with E-state index in [1.807, 2.05) is 39.0 Å². The van der Waals surface area contributed by atoms with Gasteiger partial charge in [0.2, 0.25) is 5.89 Å². The molecular weight excluding hydrogens is 176 g/mol. The van der Waals surface area contributed by atoms with E-state index in [0.717, 1.165) is 11.1 Å². The molecule has 2 rings (SSSR count). The smallest absolute Gasteiger partial charge is 0.215 e. The van der Waals surface area contributed by atoms with Gasteiger partial charge in [-0.15, -0.1) is 0 Å². The van der Waals surface area contributed by atoms with Crippen LogP contribution in [0.3, 0.4) is 0 Å². The van der Waals surface area contributed by atoms with Crippen molar-refractivity contribution in [3.8, 4) is 0 Å². The van der Waals surface area contributed by atoms with Crippen LogP contribution in [0.2, 0.25) is 0 Å². The maximum atomic E-state index is 5.90. The molecule has 0 bridgehead atoms. The Bertz CT molecular complexity index is 466. The predicted molar refractivity (Wildman–Crippen MR) is 56.0 cm³/mol. The zero-order chi connectivity index (χ0) is 10.3. The predicted octanol–water partition coefficient (Wildman–Crippen LogP) is 2.33. The van der Waals surface area contributed by atoms with Crippen LogP contribution in [0, 0.1) is 6.92 Å². The zero-order valence-electron chi connectivity index (χ0n) is 8.66. The second-order valence-corrected chi connectivity index (χ2v) is 4.21. The molecule has 0 saturated carbocycles. The van der Waals surface area contributed by atoms with Gasteiger partial charge in [0.1, 0.15) is 5.52 Å². The number of fused-ring (bicyclic) bond motifs is 1. The number of hydrogen-bond acceptors (Lipinski definition) is 3. The number of benzene rings is 1. The fourth-order valence-electron chi connectivity index (χ4n) is 1.31. The average Bonchev–Trinajstić information content (AvgIpc) is 2.45. The quantitative estimate of drug-likeness (QED) is 0.750. The molecule has 2 N–H and O–H groups in total. The highest BCUT2D eigenvalue weighted by atomic mass is 16.3. The number of aromatic nitrogens is 1. The maximum Gasteiger partial charge on any atom is 0.215 e. The summed E-state index contributed by atoms with van der Waals surface area (Å²) in [5, 5.41) is 0. The first-order valence-electron chi connectivity index (χ1n) is 4.63. The van der Waals surface area contributed by atoms with Gasteiger partial charge in [0.15, 0.2) is 5.58 Å². The molecule has 14 heavy (non-hydrogen) atoms. The van der Waals surface area contributed by atoms with E-state index in [4.69, 9.17) is 10.2 Å². The molecule has 0 amide bonds. The molecule has 0 atom stereocenters. The third-order valence-corrected chi connectivity index (χ3v) is 2.09. The molecule has 1 heterocycles. The van der Waals surface area contributed by atoms with Crippen LogP contribution >= 0.6 is 0 Å². The fourth-order valence-corrected chi connectivity index (χ4v) is 1.31. The Morgan fingerprint density at radius 3 is 2.71 bits per heavy atom. The maximum absolute atomic E-state index is 5.90. The molecule has 0 unspecified atom stereocenters. The zero-order valence-corrected chi connectivity index (χ0v) is 8.66. The van der Waals surface area contributed by atoms with Gasteiger partial charge in [0.05, 0.1) is 5.54 Å². The highest BCUT2D eigenvalue weighted by molar-refractivity contribution is 5.73. The number of oxazole rings is 1. The van der Waals surface area contributed by atoms with E-state index in [-0.39, 0.29) is 0 Å². The number of nitrogens with two attached hydrogens (primary N) is 1. The van der Waals surface area contributed by atoms with Crippen molar-refractivity contribution >= 4 is 11.1 Å². The molecule has 0 aliphatic heterocycles. The average molecular weight is 190 g/mol. The monoisotopic (exact) mass is 190 g/mol. The number of aryl methyl sites for hydroxylation is 1. The van der Waals surface area contributed by atoms with E-state index in [1.165, 1.54) is 5.56 Å². The molecule has 1 aromatic heterocycles. The topological polar surface area (TPSA) is 52.0 Å². The Labute approximate surface area is 82.9 Å². The van der Waals surface area contributed by atoms with Crippen molar-refractivity contribution in [2.24, 2.45) is 5.73 Å². The van der Waals surface area contributed by atoms with Crippen molar-refractivity contribution in [1.29, 1.82) is 0 Å². The largest absolute Gasteiger partial charge is 0.439 e. The van der Waals surface area contributed by atoms with Crippen LogP contribution in [-0.4, -0.2) is 4.98 Å². The molecule has 0 saturated heterocycles. The van der Waals surface area contributed by atoms with Gasteiger partial charge in [-0.05, 0) is 38.5 Å². The second kappa shape index (κ2) is 2.82. The summed E-state index contributed by atoms with van der Waals surface area (Å²) in [5.74, 6) is 0.582. The van der Waals surface area contributed by atoms with Gasteiger partial charge < -0.3 is 10.2 Å². The molecule has 2 aromatic rings. The van der Waals surface area contributed by atoms with Crippen LogP contribution in [0.5, 0.6) is 0 Å². The van der Waals surface area contributed by atoms with Gasteiger partial charge in [-0.1, -0.05) is 6.07 Å². The van der Waals surface area contributed by atoms with Crippen molar-refractivity contribution in [1.82, 2.24) is 4.98 Å². The van der Waals surface area contributed by atoms with E-state index < -0.39 is 5.54 Å². The van der Waals surface area contributed by atoms with Crippen molar-refractivity contribution < 1.29 is 4.42 Å². The summed E-state index contributed by atoms with van der Waals surface area (Å²) >= 11 is 0. The van der Waals surface area contributed by atoms with E-state index >= 15 is 0 Å². The molecule has 0 radical (unpaired) electrons. The van der Waals surface area contributed by atoms with E-state index in [0.29, 0.717) is 5.89 Å². The lowest BCUT2D eigenvalue weighted by molar-refractivity contribution is 0.394. The molecule has 0 aliphatic rings. The first kappa shape index (κ1) is 9.21. The summed E-state index contributed by atoms with van der Waals surface area (Å²) in [7, 11) is 0. The van der Waals surface area contributed by atoms with Crippen LogP contribution in [0.1, 0.15) is 25.3 Å². The van der Waals surface area contributed by atoms with Gasteiger partial charge in [-0.2, -0.15) is 0 Å². The summed E-state index contributed by atoms with van der Waals surface area (Å²) in [6.07, 6.45) is 0. The highest BCUT2D eigenvalue weighted by Crippen LogP contribution is 2.22. The standard InChI is InChI=1S/C11H14N2O/c1-7-4-5-9-8(6-7)13-10(14-9)11(2,3)12/h4-6H,12H2,1-3H3. The Morgan fingerprint density at radius 1 is 1.36 bits per heavy atom. The molecule has 0 fully saturated rings. The van der Waals surface area contributed by atoms with Crippen LogP contribution < -0.4 is 5.73 Å². The minimum Gasteiger partial charge on any atom is -0.439 e. The molecule has 3 nitrogen and oxygen atoms in total. The minimum absolute atomic E-state index is 0.521. The van der Waals surface area contributed by atoms with Crippen LogP contribution in [-0.2, 0) is 5.54 Å². The first-order valence-corrected chi connectivity index (χ1v) is 4.63. The van der Waals surface area contributed by atoms with Crippen LogP contribution in [0.15, 0.2) is 22.6 Å². The summed E-state index contributed by atoms with van der Waals surface area (Å²) in [5.41, 5.74) is 8.22.